The van der Waals surface area contributed by atoms with Crippen molar-refractivity contribution in [3.8, 4) is 0 Å². The Balaban J connectivity index is 2.01. The van der Waals surface area contributed by atoms with Crippen LogP contribution in [0.2, 0.25) is 5.02 Å². The second-order valence-electron chi connectivity index (χ2n) is 4.42. The van der Waals surface area contributed by atoms with Crippen LogP contribution in [-0.2, 0) is 10.2 Å². The van der Waals surface area contributed by atoms with E-state index in [2.05, 4.69) is 14.4 Å². The minimum Gasteiger partial charge on any atom is -0.266 e. The van der Waals surface area contributed by atoms with Crippen molar-refractivity contribution < 1.29 is 8.42 Å². The molecular weight excluding hydrogens is 274 g/mol. The number of benzene rings is 1. The number of rotatable bonds is 2. The van der Waals surface area contributed by atoms with Gasteiger partial charge in [-0.3, -0.25) is 9.71 Å². The molecule has 0 spiro atoms. The predicted octanol–water partition coefficient (Wildman–Crippen LogP) is 1.38. The molecule has 0 radical (unpaired) electrons. The molecule has 3 rings (SSSR count). The Bertz CT molecular complexity index is 610. The van der Waals surface area contributed by atoms with Gasteiger partial charge in [-0.1, -0.05) is 29.8 Å². The highest BCUT2D eigenvalue weighted by atomic mass is 35.5. The summed E-state index contributed by atoms with van der Waals surface area (Å²) < 4.78 is 28.1. The van der Waals surface area contributed by atoms with Gasteiger partial charge in [0.1, 0.15) is 11.9 Å². The first-order valence-corrected chi connectivity index (χ1v) is 7.53. The van der Waals surface area contributed by atoms with Crippen LogP contribution < -0.4 is 9.44 Å². The quantitative estimate of drug-likeness (QED) is 0.862. The molecule has 2 N–H and O–H groups in total. The highest BCUT2D eigenvalue weighted by molar-refractivity contribution is 7.88. The van der Waals surface area contributed by atoms with Crippen molar-refractivity contribution in [3.05, 3.63) is 34.9 Å². The molecule has 1 aliphatic heterocycles. The third-order valence-electron chi connectivity index (χ3n) is 2.87. The van der Waals surface area contributed by atoms with Crippen LogP contribution in [0.25, 0.3) is 0 Å². The van der Waals surface area contributed by atoms with Crippen molar-refractivity contribution in [2.45, 2.75) is 24.9 Å². The summed E-state index contributed by atoms with van der Waals surface area (Å²) in [4.78, 5) is 4.39. The van der Waals surface area contributed by atoms with Gasteiger partial charge in [-0.05, 0) is 24.5 Å². The van der Waals surface area contributed by atoms with Gasteiger partial charge < -0.3 is 0 Å². The fourth-order valence-corrected chi connectivity index (χ4v) is 3.16. The summed E-state index contributed by atoms with van der Waals surface area (Å²) in [6.45, 7) is 0. The van der Waals surface area contributed by atoms with E-state index in [1.54, 1.807) is 18.2 Å². The lowest BCUT2D eigenvalue weighted by atomic mass is 10.1. The number of hydrogen-bond donors (Lipinski definition) is 2. The van der Waals surface area contributed by atoms with Crippen LogP contribution in [0.4, 0.5) is 0 Å². The van der Waals surface area contributed by atoms with Gasteiger partial charge in [0.15, 0.2) is 0 Å². The van der Waals surface area contributed by atoms with E-state index in [1.165, 1.54) is 0 Å². The lowest BCUT2D eigenvalue weighted by Crippen LogP contribution is -2.24. The second-order valence-corrected chi connectivity index (χ2v) is 6.28. The van der Waals surface area contributed by atoms with Crippen molar-refractivity contribution in [1.82, 2.24) is 9.44 Å². The molecule has 1 atom stereocenters. The Morgan fingerprint density at radius 3 is 2.67 bits per heavy atom. The van der Waals surface area contributed by atoms with E-state index in [4.69, 9.17) is 11.6 Å². The van der Waals surface area contributed by atoms with Crippen LogP contribution in [0.5, 0.6) is 0 Å². The zero-order valence-corrected chi connectivity index (χ0v) is 11.0. The zero-order chi connectivity index (χ0) is 12.8. The van der Waals surface area contributed by atoms with E-state index in [0.29, 0.717) is 16.4 Å². The van der Waals surface area contributed by atoms with Gasteiger partial charge in [0, 0.05) is 5.02 Å². The van der Waals surface area contributed by atoms with Crippen molar-refractivity contribution in [1.29, 1.82) is 0 Å². The molecule has 2 aliphatic rings. The Labute approximate surface area is 110 Å². The average Bonchev–Trinajstić information content (AvgIpc) is 3.04. The Hall–Kier alpha value is -1.11. The maximum Gasteiger partial charge on any atom is 0.301 e. The normalized spacial score (nSPS) is 28.3. The fourth-order valence-electron chi connectivity index (χ4n) is 1.86. The molecule has 1 saturated heterocycles. The molecule has 0 bridgehead atoms. The minimum atomic E-state index is -3.52. The van der Waals surface area contributed by atoms with E-state index in [9.17, 15) is 8.42 Å². The van der Waals surface area contributed by atoms with E-state index in [-0.39, 0.29) is 6.04 Å². The molecule has 18 heavy (non-hydrogen) atoms. The topological polar surface area (TPSA) is 70.6 Å². The standard InChI is InChI=1S/C11H12ClN3O2S/c12-9-4-2-1-3-8(9)10-11(13-7-5-6-7)15-18(16,17)14-10/h1-4,7,10,14H,5-6H2,(H,13,15)/t10-/m0/s1. The number of halogens is 1. The zero-order valence-electron chi connectivity index (χ0n) is 9.43. The number of aliphatic imine (C=N–C) groups is 1. The average molecular weight is 286 g/mol. The number of nitrogens with one attached hydrogen (secondary N) is 2. The van der Waals surface area contributed by atoms with E-state index < -0.39 is 16.3 Å². The summed E-state index contributed by atoms with van der Waals surface area (Å²) in [7, 11) is -3.52. The summed E-state index contributed by atoms with van der Waals surface area (Å²) >= 11 is 6.10. The minimum absolute atomic E-state index is 0.243. The van der Waals surface area contributed by atoms with Gasteiger partial charge in [0.25, 0.3) is 0 Å². The molecule has 7 heteroatoms. The van der Waals surface area contributed by atoms with E-state index in [1.807, 2.05) is 6.07 Å². The predicted molar refractivity (Wildman–Crippen MR) is 69.8 cm³/mol. The largest absolute Gasteiger partial charge is 0.301 e. The molecule has 1 aromatic carbocycles. The lowest BCUT2D eigenvalue weighted by molar-refractivity contribution is 0.583. The number of nitrogens with zero attached hydrogens (tertiary/aromatic N) is 1. The highest BCUT2D eigenvalue weighted by Gasteiger charge is 2.36. The molecule has 1 heterocycles. The Kier molecular flexibility index (Phi) is 2.80. The van der Waals surface area contributed by atoms with Gasteiger partial charge >= 0.3 is 10.2 Å². The van der Waals surface area contributed by atoms with Gasteiger partial charge in [0.2, 0.25) is 0 Å². The summed E-state index contributed by atoms with van der Waals surface area (Å²) in [5.41, 5.74) is 0.715. The maximum atomic E-state index is 11.6. The van der Waals surface area contributed by atoms with Crippen LogP contribution >= 0.6 is 11.6 Å². The molecule has 0 unspecified atom stereocenters. The monoisotopic (exact) mass is 285 g/mol. The molecule has 2 fully saturated rings. The van der Waals surface area contributed by atoms with Crippen LogP contribution in [-0.4, -0.2) is 20.3 Å². The van der Waals surface area contributed by atoms with Crippen molar-refractivity contribution in [2.75, 3.05) is 0 Å². The van der Waals surface area contributed by atoms with E-state index >= 15 is 0 Å². The smallest absolute Gasteiger partial charge is 0.266 e. The first-order chi connectivity index (χ1) is 8.55. The highest BCUT2D eigenvalue weighted by Crippen LogP contribution is 2.30. The Morgan fingerprint density at radius 2 is 2.00 bits per heavy atom. The van der Waals surface area contributed by atoms with Gasteiger partial charge in [0.05, 0.1) is 6.04 Å². The van der Waals surface area contributed by atoms with Gasteiger partial charge in [-0.25, -0.2) is 0 Å². The third kappa shape index (κ3) is 2.36. The van der Waals surface area contributed by atoms with Crippen LogP contribution in [0.3, 0.4) is 0 Å². The summed E-state index contributed by atoms with van der Waals surface area (Å²) in [5, 5.41) is 0.525. The van der Waals surface area contributed by atoms with Gasteiger partial charge in [-0.15, -0.1) is 0 Å². The summed E-state index contributed by atoms with van der Waals surface area (Å²) in [6.07, 6.45) is 2.03. The van der Waals surface area contributed by atoms with Crippen molar-refractivity contribution >= 4 is 27.6 Å². The van der Waals surface area contributed by atoms with Crippen LogP contribution in [0.15, 0.2) is 29.3 Å². The molecule has 0 amide bonds. The molecule has 5 nitrogen and oxygen atoms in total. The first-order valence-electron chi connectivity index (χ1n) is 5.67. The van der Waals surface area contributed by atoms with Crippen molar-refractivity contribution in [2.24, 2.45) is 4.99 Å². The maximum absolute atomic E-state index is 11.6. The Morgan fingerprint density at radius 1 is 1.28 bits per heavy atom. The third-order valence-corrected chi connectivity index (χ3v) is 4.24. The summed E-state index contributed by atoms with van der Waals surface area (Å²) in [6, 6.07) is 6.89. The number of hydrogen-bond acceptors (Lipinski definition) is 3. The van der Waals surface area contributed by atoms with Crippen LogP contribution in [0.1, 0.15) is 24.4 Å². The number of amidine groups is 1. The molecular formula is C11H12ClN3O2S. The van der Waals surface area contributed by atoms with Crippen molar-refractivity contribution in [3.63, 3.8) is 0 Å². The SMILES string of the molecule is O=S1(=O)NC(=NC2CC2)[C@H](c2ccccc2Cl)N1. The van der Waals surface area contributed by atoms with Gasteiger partial charge in [-0.2, -0.15) is 13.1 Å². The molecule has 96 valence electrons. The second kappa shape index (κ2) is 4.22. The fraction of sp³-hybridized carbons (Fsp3) is 0.364. The van der Waals surface area contributed by atoms with E-state index in [0.717, 1.165) is 12.8 Å². The molecule has 0 aromatic heterocycles. The summed E-state index contributed by atoms with van der Waals surface area (Å²) in [5.74, 6) is 0.436. The van der Waals surface area contributed by atoms with Crippen LogP contribution in [0, 0.1) is 0 Å². The molecule has 1 aromatic rings. The lowest BCUT2D eigenvalue weighted by Gasteiger charge is -2.10. The molecule has 1 saturated carbocycles. The molecule has 1 aliphatic carbocycles. The first kappa shape index (κ1) is 12.0.